The first kappa shape index (κ1) is 31.6. The summed E-state index contributed by atoms with van der Waals surface area (Å²) < 4.78 is 13.2. The second-order valence-electron chi connectivity index (χ2n) is 3.88. The predicted molar refractivity (Wildman–Crippen MR) is 103 cm³/mol. The molecule has 0 heterocycles. The molecule has 0 spiro atoms. The van der Waals surface area contributed by atoms with Gasteiger partial charge in [-0.1, -0.05) is 26.5 Å². The van der Waals surface area contributed by atoms with Crippen molar-refractivity contribution in [2.45, 2.75) is 26.7 Å². The Morgan fingerprint density at radius 3 is 1.70 bits per heavy atom. The molecule has 0 radical (unpaired) electrons. The smallest absolute Gasteiger partial charge is 0.330 e. The summed E-state index contributed by atoms with van der Waals surface area (Å²) in [6.45, 7) is 16.9. The molecule has 0 aromatic rings. The molecule has 0 saturated heterocycles. The average Bonchev–Trinajstić information content (AvgIpc) is 2.68. The van der Waals surface area contributed by atoms with Crippen LogP contribution >= 0.6 is 0 Å². The molecule has 0 aromatic heterocycles. The Bertz CT molecular complexity index is 466. The van der Waals surface area contributed by atoms with Gasteiger partial charge in [-0.2, -0.15) is 0 Å². The van der Waals surface area contributed by atoms with Gasteiger partial charge in [0.05, 0.1) is 20.3 Å². The average molecular weight is 386 g/mol. The minimum atomic E-state index is -1.16. The maximum Gasteiger partial charge on any atom is 0.330 e. The second-order valence-corrected chi connectivity index (χ2v) is 3.88. The Hall–Kier alpha value is -3.16. The van der Waals surface area contributed by atoms with Crippen LogP contribution in [0.3, 0.4) is 0 Å². The van der Waals surface area contributed by atoms with Crippen LogP contribution in [0.25, 0.3) is 0 Å². The number of carboxylic acids is 1. The van der Waals surface area contributed by atoms with Crippen molar-refractivity contribution in [3.05, 3.63) is 50.6 Å². The zero-order valence-corrected chi connectivity index (χ0v) is 16.3. The third-order valence-electron chi connectivity index (χ3n) is 1.93. The zero-order valence-electron chi connectivity index (χ0n) is 16.3. The van der Waals surface area contributed by atoms with Gasteiger partial charge in [-0.05, 0) is 13.3 Å². The molecule has 0 aliphatic heterocycles. The van der Waals surface area contributed by atoms with Gasteiger partial charge in [0, 0.05) is 24.3 Å². The number of hydrogen-bond acceptors (Lipinski definition) is 7. The molecular formula is C19H30O8. The van der Waals surface area contributed by atoms with Gasteiger partial charge < -0.3 is 19.3 Å². The second kappa shape index (κ2) is 27.7. The number of rotatable bonds is 8. The number of aliphatic carboxylic acids is 1. The summed E-state index contributed by atoms with van der Waals surface area (Å²) in [5.74, 6) is -2.52. The van der Waals surface area contributed by atoms with Crippen molar-refractivity contribution in [2.24, 2.45) is 0 Å². The molecule has 0 aliphatic rings. The first-order valence-corrected chi connectivity index (χ1v) is 7.86. The lowest BCUT2D eigenvalue weighted by atomic mass is 10.4. The highest BCUT2D eigenvalue weighted by atomic mass is 16.5. The van der Waals surface area contributed by atoms with Crippen molar-refractivity contribution in [2.75, 3.05) is 20.3 Å². The predicted octanol–water partition coefficient (Wildman–Crippen LogP) is 2.85. The van der Waals surface area contributed by atoms with Crippen LogP contribution in [0.1, 0.15) is 26.7 Å². The third kappa shape index (κ3) is 39.5. The highest BCUT2D eigenvalue weighted by Gasteiger charge is 1.94. The molecule has 8 heteroatoms. The lowest BCUT2D eigenvalue weighted by Gasteiger charge is -1.97. The summed E-state index contributed by atoms with van der Waals surface area (Å²) in [7, 11) is 1.31. The maximum absolute atomic E-state index is 10.4. The number of hydrogen-bond donors (Lipinski definition) is 1. The van der Waals surface area contributed by atoms with Crippen molar-refractivity contribution in [3.63, 3.8) is 0 Å². The maximum atomic E-state index is 10.4. The van der Waals surface area contributed by atoms with Gasteiger partial charge in [0.25, 0.3) is 0 Å². The van der Waals surface area contributed by atoms with Gasteiger partial charge in [-0.25, -0.2) is 19.2 Å². The molecule has 0 saturated carbocycles. The summed E-state index contributed by atoms with van der Waals surface area (Å²) in [6, 6.07) is 0. The molecule has 0 amide bonds. The topological polar surface area (TPSA) is 116 Å². The van der Waals surface area contributed by atoms with E-state index in [4.69, 9.17) is 5.11 Å². The van der Waals surface area contributed by atoms with E-state index < -0.39 is 17.9 Å². The van der Waals surface area contributed by atoms with Crippen LogP contribution in [0, 0.1) is 0 Å². The molecule has 0 atom stereocenters. The van der Waals surface area contributed by atoms with Gasteiger partial charge >= 0.3 is 23.9 Å². The van der Waals surface area contributed by atoms with Crippen molar-refractivity contribution < 1.29 is 38.5 Å². The molecule has 0 aromatic carbocycles. The van der Waals surface area contributed by atoms with E-state index in [9.17, 15) is 19.2 Å². The molecule has 0 unspecified atom stereocenters. The molecule has 8 nitrogen and oxygen atoms in total. The Kier molecular flexibility index (Phi) is 32.4. The Morgan fingerprint density at radius 2 is 1.41 bits per heavy atom. The summed E-state index contributed by atoms with van der Waals surface area (Å²) in [6.07, 6.45) is 5.86. The van der Waals surface area contributed by atoms with Gasteiger partial charge in [-0.3, -0.25) is 0 Å². The summed E-state index contributed by atoms with van der Waals surface area (Å²) in [4.78, 5) is 40.4. The number of carbonyl (C=O) groups is 4. The number of methoxy groups -OCH3 is 1. The molecule has 0 bridgehead atoms. The molecule has 0 aliphatic carbocycles. The van der Waals surface area contributed by atoms with Crippen LogP contribution < -0.4 is 0 Å². The number of unbranched alkanes of at least 4 members (excludes halogenated alkanes) is 1. The number of esters is 3. The van der Waals surface area contributed by atoms with Crippen LogP contribution in [0.5, 0.6) is 0 Å². The fourth-order valence-corrected chi connectivity index (χ4v) is 0.789. The van der Waals surface area contributed by atoms with Gasteiger partial charge in [-0.15, -0.1) is 13.2 Å². The summed E-state index contributed by atoms with van der Waals surface area (Å²) >= 11 is 0. The quantitative estimate of drug-likeness (QED) is 0.222. The minimum absolute atomic E-state index is 0.253. The van der Waals surface area contributed by atoms with E-state index in [0.29, 0.717) is 6.61 Å². The van der Waals surface area contributed by atoms with Crippen molar-refractivity contribution in [1.82, 2.24) is 0 Å². The van der Waals surface area contributed by atoms with E-state index in [1.807, 2.05) is 6.92 Å². The first-order chi connectivity index (χ1) is 12.8. The van der Waals surface area contributed by atoms with Crippen LogP contribution in [-0.2, 0) is 33.4 Å². The van der Waals surface area contributed by atoms with E-state index >= 15 is 0 Å². The zero-order chi connectivity index (χ0) is 22.1. The normalized spacial score (nSPS) is 8.11. The van der Waals surface area contributed by atoms with E-state index in [1.165, 1.54) is 13.2 Å². The van der Waals surface area contributed by atoms with Crippen molar-refractivity contribution >= 4 is 23.9 Å². The lowest BCUT2D eigenvalue weighted by Crippen LogP contribution is -2.00. The Balaban J connectivity index is -0.000000144. The number of ether oxygens (including phenoxy) is 3. The Morgan fingerprint density at radius 1 is 0.889 bits per heavy atom. The van der Waals surface area contributed by atoms with Gasteiger partial charge in [0.2, 0.25) is 0 Å². The van der Waals surface area contributed by atoms with E-state index in [0.717, 1.165) is 31.1 Å². The monoisotopic (exact) mass is 386 g/mol. The fraction of sp³-hybridized carbons (Fsp3) is 0.368. The van der Waals surface area contributed by atoms with Crippen molar-refractivity contribution in [1.29, 1.82) is 0 Å². The molecule has 1 N–H and O–H groups in total. The van der Waals surface area contributed by atoms with E-state index in [1.54, 1.807) is 6.92 Å². The minimum Gasteiger partial charge on any atom is -0.478 e. The standard InChI is InChI=1S/C7H12O2.C6H8O4.C4H6O2.C2H4/c1-3-5-6-9-7(8)4-2;1-2-10-6(9)4-3-5(7)8;1-3-4(5)6-2;1-2/h4H,2-3,5-6H2,1H3;3-4H,2H2,1H3,(H,7,8);3H,1H2,2H3;1-2H2/b;4-3-;;. The van der Waals surface area contributed by atoms with Crippen LogP contribution in [0.4, 0.5) is 0 Å². The van der Waals surface area contributed by atoms with Crippen LogP contribution in [-0.4, -0.2) is 49.3 Å². The molecule has 154 valence electrons. The molecule has 27 heavy (non-hydrogen) atoms. The molecule has 0 rings (SSSR count). The van der Waals surface area contributed by atoms with E-state index in [-0.39, 0.29) is 12.6 Å². The van der Waals surface area contributed by atoms with Gasteiger partial charge in [0.1, 0.15) is 0 Å². The highest BCUT2D eigenvalue weighted by molar-refractivity contribution is 5.90. The van der Waals surface area contributed by atoms with Gasteiger partial charge in [0.15, 0.2) is 0 Å². The highest BCUT2D eigenvalue weighted by Crippen LogP contribution is 1.88. The lowest BCUT2D eigenvalue weighted by molar-refractivity contribution is -0.138. The fourth-order valence-electron chi connectivity index (χ4n) is 0.789. The Labute approximate surface area is 160 Å². The van der Waals surface area contributed by atoms with Crippen molar-refractivity contribution in [3.8, 4) is 0 Å². The van der Waals surface area contributed by atoms with E-state index in [2.05, 4.69) is 40.5 Å². The number of carboxylic acid groups (broad SMARTS) is 1. The van der Waals surface area contributed by atoms with Crippen LogP contribution in [0.15, 0.2) is 50.6 Å². The summed E-state index contributed by atoms with van der Waals surface area (Å²) in [5, 5.41) is 8.04. The third-order valence-corrected chi connectivity index (χ3v) is 1.93. The van der Waals surface area contributed by atoms with Crippen LogP contribution in [0.2, 0.25) is 0 Å². The summed E-state index contributed by atoms with van der Waals surface area (Å²) in [5.41, 5.74) is 0. The first-order valence-electron chi connectivity index (χ1n) is 7.86. The number of carbonyl (C=O) groups excluding carboxylic acids is 3. The molecular weight excluding hydrogens is 356 g/mol. The molecule has 0 fully saturated rings. The SMILES string of the molecule is C=C.C=CC(=O)OC.C=CC(=O)OCCCC.CCOC(=O)/C=C\C(=O)O. The largest absolute Gasteiger partial charge is 0.478 e.